The van der Waals surface area contributed by atoms with Gasteiger partial charge in [-0.1, -0.05) is 23.5 Å². The monoisotopic (exact) mass is 485 g/mol. The highest BCUT2D eigenvalue weighted by Crippen LogP contribution is 2.40. The molecule has 1 saturated heterocycles. The van der Waals surface area contributed by atoms with Gasteiger partial charge in [-0.2, -0.15) is 18.2 Å². The number of aliphatic hydroxyl groups is 2. The molecule has 2 aromatic carbocycles. The maximum atomic E-state index is 13.2. The van der Waals surface area contributed by atoms with Crippen molar-refractivity contribution in [1.29, 1.82) is 0 Å². The lowest BCUT2D eigenvalue weighted by Crippen LogP contribution is -2.54. The number of hydrogen-bond acceptors (Lipinski definition) is 8. The van der Waals surface area contributed by atoms with Crippen molar-refractivity contribution in [2.75, 3.05) is 18.0 Å². The van der Waals surface area contributed by atoms with Gasteiger partial charge in [0.1, 0.15) is 22.2 Å². The fourth-order valence-electron chi connectivity index (χ4n) is 3.75. The van der Waals surface area contributed by atoms with Crippen LogP contribution in [0.25, 0.3) is 10.1 Å². The normalized spacial score (nSPS) is 21.4. The number of rotatable bonds is 3. The second-order valence-electron chi connectivity index (χ2n) is 7.57. The first-order valence-electron chi connectivity index (χ1n) is 9.52. The topological polar surface area (TPSA) is 117 Å². The molecule has 8 nitrogen and oxygen atoms in total. The van der Waals surface area contributed by atoms with Gasteiger partial charge in [0.05, 0.1) is 15.9 Å². The SMILES string of the molecule is O=c1nc(N2CC[C@](O)(c3ccc(F)cc3)[C@@H](O)C2)sc2c([N+](=O)[O-])cc(C(F)(F)F)cc12. The van der Waals surface area contributed by atoms with Gasteiger partial charge in [-0.25, -0.2) is 4.39 Å². The van der Waals surface area contributed by atoms with Crippen LogP contribution in [-0.2, 0) is 11.8 Å². The summed E-state index contributed by atoms with van der Waals surface area (Å²) in [5.74, 6) is -0.519. The first kappa shape index (κ1) is 23.0. The van der Waals surface area contributed by atoms with E-state index in [-0.39, 0.29) is 34.9 Å². The van der Waals surface area contributed by atoms with Crippen LogP contribution in [0.4, 0.5) is 28.4 Å². The zero-order chi connectivity index (χ0) is 24.1. The Hall–Kier alpha value is -3.16. The van der Waals surface area contributed by atoms with Crippen molar-refractivity contribution in [3.8, 4) is 0 Å². The number of piperidine rings is 1. The van der Waals surface area contributed by atoms with Crippen LogP contribution in [0.15, 0.2) is 41.2 Å². The summed E-state index contributed by atoms with van der Waals surface area (Å²) >= 11 is 0.645. The number of nitro benzene ring substituents is 1. The molecule has 0 aliphatic carbocycles. The van der Waals surface area contributed by atoms with E-state index in [2.05, 4.69) is 4.98 Å². The minimum atomic E-state index is -4.89. The number of anilines is 1. The average molecular weight is 485 g/mol. The first-order valence-corrected chi connectivity index (χ1v) is 10.3. The molecule has 3 aromatic rings. The van der Waals surface area contributed by atoms with Crippen LogP contribution in [0.5, 0.6) is 0 Å². The fourth-order valence-corrected chi connectivity index (χ4v) is 4.85. The maximum absolute atomic E-state index is 13.2. The van der Waals surface area contributed by atoms with E-state index in [4.69, 9.17) is 0 Å². The summed E-state index contributed by atoms with van der Waals surface area (Å²) in [4.78, 5) is 28.1. The molecular weight excluding hydrogens is 470 g/mol. The number of aromatic nitrogens is 1. The van der Waals surface area contributed by atoms with Gasteiger partial charge in [-0.05, 0) is 23.8 Å². The minimum absolute atomic E-state index is 0.0458. The number of non-ortho nitro benzene ring substituents is 1. The third kappa shape index (κ3) is 4.14. The Morgan fingerprint density at radius 2 is 1.91 bits per heavy atom. The zero-order valence-corrected chi connectivity index (χ0v) is 17.4. The van der Waals surface area contributed by atoms with Crippen molar-refractivity contribution in [2.24, 2.45) is 0 Å². The Morgan fingerprint density at radius 3 is 2.48 bits per heavy atom. The molecule has 0 amide bonds. The zero-order valence-electron chi connectivity index (χ0n) is 16.5. The lowest BCUT2D eigenvalue weighted by molar-refractivity contribution is -0.383. The number of aliphatic hydroxyl groups excluding tert-OH is 1. The van der Waals surface area contributed by atoms with Crippen LogP contribution < -0.4 is 10.5 Å². The van der Waals surface area contributed by atoms with Crippen LogP contribution in [0, 0.1) is 15.9 Å². The van der Waals surface area contributed by atoms with E-state index in [1.165, 1.54) is 17.0 Å². The molecule has 1 aromatic heterocycles. The van der Waals surface area contributed by atoms with Gasteiger partial charge in [0.25, 0.3) is 11.2 Å². The minimum Gasteiger partial charge on any atom is -0.388 e. The van der Waals surface area contributed by atoms with Crippen molar-refractivity contribution < 1.29 is 32.7 Å². The predicted molar refractivity (Wildman–Crippen MR) is 111 cm³/mol. The molecule has 1 aliphatic rings. The molecule has 33 heavy (non-hydrogen) atoms. The molecule has 1 fully saturated rings. The average Bonchev–Trinajstić information content (AvgIpc) is 2.74. The van der Waals surface area contributed by atoms with Crippen molar-refractivity contribution in [3.63, 3.8) is 0 Å². The summed E-state index contributed by atoms with van der Waals surface area (Å²) in [5, 5.41) is 32.4. The van der Waals surface area contributed by atoms with Crippen molar-refractivity contribution in [3.05, 3.63) is 73.8 Å². The van der Waals surface area contributed by atoms with Crippen LogP contribution in [-0.4, -0.2) is 39.3 Å². The Morgan fingerprint density at radius 1 is 1.24 bits per heavy atom. The number of benzene rings is 2. The maximum Gasteiger partial charge on any atom is 0.416 e. The van der Waals surface area contributed by atoms with Crippen molar-refractivity contribution in [2.45, 2.75) is 24.3 Å². The van der Waals surface area contributed by atoms with Gasteiger partial charge in [-0.3, -0.25) is 14.9 Å². The number of nitro groups is 1. The smallest absolute Gasteiger partial charge is 0.388 e. The highest BCUT2D eigenvalue weighted by Gasteiger charge is 2.43. The third-order valence-electron chi connectivity index (χ3n) is 5.54. The molecule has 2 N–H and O–H groups in total. The summed E-state index contributed by atoms with van der Waals surface area (Å²) < 4.78 is 52.3. The third-order valence-corrected chi connectivity index (χ3v) is 6.70. The van der Waals surface area contributed by atoms with E-state index in [9.17, 15) is 42.7 Å². The van der Waals surface area contributed by atoms with Crippen molar-refractivity contribution in [1.82, 2.24) is 4.98 Å². The van der Waals surface area contributed by atoms with Gasteiger partial charge >= 0.3 is 6.18 Å². The van der Waals surface area contributed by atoms with E-state index in [1.54, 1.807) is 0 Å². The number of alkyl halides is 3. The lowest BCUT2D eigenvalue weighted by atomic mass is 9.82. The number of fused-ring (bicyclic) bond motifs is 1. The molecule has 2 atom stereocenters. The van der Waals surface area contributed by atoms with Gasteiger partial charge < -0.3 is 15.1 Å². The molecule has 0 spiro atoms. The van der Waals surface area contributed by atoms with E-state index in [0.29, 0.717) is 23.5 Å². The van der Waals surface area contributed by atoms with E-state index < -0.39 is 50.8 Å². The van der Waals surface area contributed by atoms with E-state index in [1.807, 2.05) is 0 Å². The summed E-state index contributed by atoms with van der Waals surface area (Å²) in [6.45, 7) is -0.162. The molecule has 13 heteroatoms. The molecule has 0 radical (unpaired) electrons. The number of nitrogens with zero attached hydrogens (tertiary/aromatic N) is 3. The molecule has 174 valence electrons. The summed E-state index contributed by atoms with van der Waals surface area (Å²) in [6.07, 6.45) is -6.33. The lowest BCUT2D eigenvalue weighted by Gasteiger charge is -2.42. The number of hydrogen-bond donors (Lipinski definition) is 2. The van der Waals surface area contributed by atoms with Crippen LogP contribution in [0.2, 0.25) is 0 Å². The van der Waals surface area contributed by atoms with Crippen LogP contribution in [0.1, 0.15) is 17.5 Å². The van der Waals surface area contributed by atoms with Gasteiger partial charge in [-0.15, -0.1) is 0 Å². The number of β-amino-alcohol motifs (C(OH)–C–C–N with tert-alkyl or cyclic N) is 1. The Labute approximate surface area is 186 Å². The number of halogens is 4. The molecular formula is C20H15F4N3O5S. The summed E-state index contributed by atoms with van der Waals surface area (Å²) in [5.41, 5.74) is -4.73. The van der Waals surface area contributed by atoms with E-state index in [0.717, 1.165) is 12.1 Å². The Kier molecular flexibility index (Phi) is 5.58. The molecule has 2 heterocycles. The van der Waals surface area contributed by atoms with Gasteiger partial charge in [0.15, 0.2) is 5.13 Å². The second kappa shape index (κ2) is 8.01. The standard InChI is InChI=1S/C20H15F4N3O5S/c21-12-3-1-10(2-4-12)19(30)5-6-26(9-15(19)28)18-25-17(29)13-7-11(20(22,23)24)8-14(27(31)32)16(13)33-18/h1-4,7-8,15,28,30H,5-6,9H2/t15-,19-/m0/s1. The van der Waals surface area contributed by atoms with E-state index >= 15 is 0 Å². The van der Waals surface area contributed by atoms with Gasteiger partial charge in [0.2, 0.25) is 0 Å². The molecule has 4 rings (SSSR count). The highest BCUT2D eigenvalue weighted by molar-refractivity contribution is 7.22. The predicted octanol–water partition coefficient (Wildman–Crippen LogP) is 3.18. The van der Waals surface area contributed by atoms with Gasteiger partial charge in [0, 0.05) is 25.6 Å². The quantitative estimate of drug-likeness (QED) is 0.333. The van der Waals surface area contributed by atoms with Crippen molar-refractivity contribution >= 4 is 32.2 Å². The molecule has 1 aliphatic heterocycles. The Bertz CT molecular complexity index is 1300. The fraction of sp³-hybridized carbons (Fsp3) is 0.300. The molecule has 0 unspecified atom stereocenters. The highest BCUT2D eigenvalue weighted by atomic mass is 32.1. The first-order chi connectivity index (χ1) is 15.4. The second-order valence-corrected chi connectivity index (χ2v) is 8.55. The largest absolute Gasteiger partial charge is 0.416 e. The summed E-state index contributed by atoms with van der Waals surface area (Å²) in [6, 6.07) is 5.83. The Balaban J connectivity index is 1.72. The van der Waals surface area contributed by atoms with Crippen LogP contribution >= 0.6 is 11.3 Å². The van der Waals surface area contributed by atoms with Crippen LogP contribution in [0.3, 0.4) is 0 Å². The molecule has 0 bridgehead atoms. The molecule has 0 saturated carbocycles. The summed E-state index contributed by atoms with van der Waals surface area (Å²) in [7, 11) is 0.